The van der Waals surface area contributed by atoms with E-state index < -0.39 is 11.7 Å². The topological polar surface area (TPSA) is 38.1 Å². The normalized spacial score (nSPS) is 18.2. The van der Waals surface area contributed by atoms with Gasteiger partial charge in [0.25, 0.3) is 5.91 Å². The van der Waals surface area contributed by atoms with Gasteiger partial charge >= 0.3 is 6.18 Å². The van der Waals surface area contributed by atoms with Crippen LogP contribution in [0.5, 0.6) is 0 Å². The Morgan fingerprint density at radius 1 is 1.31 bits per heavy atom. The van der Waals surface area contributed by atoms with Gasteiger partial charge in [0.05, 0.1) is 18.1 Å². The zero-order chi connectivity index (χ0) is 18.7. The lowest BCUT2D eigenvalue weighted by molar-refractivity contribution is -0.138. The number of carbonyl (C=O) groups excluding carboxylic acids is 1. The van der Waals surface area contributed by atoms with Gasteiger partial charge in [0.2, 0.25) is 0 Å². The van der Waals surface area contributed by atoms with Crippen molar-refractivity contribution in [1.29, 1.82) is 0 Å². The van der Waals surface area contributed by atoms with Gasteiger partial charge in [0.1, 0.15) is 5.69 Å². The first kappa shape index (κ1) is 18.5. The number of benzene rings is 1. The number of aromatic nitrogens is 2. The fourth-order valence-electron chi connectivity index (χ4n) is 3.58. The lowest BCUT2D eigenvalue weighted by Crippen LogP contribution is -2.40. The van der Waals surface area contributed by atoms with Gasteiger partial charge in [-0.05, 0) is 43.2 Å². The van der Waals surface area contributed by atoms with Crippen LogP contribution in [0, 0.1) is 5.92 Å². The lowest BCUT2D eigenvalue weighted by atomic mass is 9.90. The second-order valence-corrected chi connectivity index (χ2v) is 6.84. The molecule has 1 fully saturated rings. The van der Waals surface area contributed by atoms with Crippen molar-refractivity contribution >= 4 is 5.91 Å². The summed E-state index contributed by atoms with van der Waals surface area (Å²) in [5.41, 5.74) is 0.307. The Balaban J connectivity index is 1.63. The Morgan fingerprint density at radius 3 is 2.77 bits per heavy atom. The molecule has 0 aliphatic carbocycles. The maximum Gasteiger partial charge on any atom is 0.416 e. The molecule has 1 atom stereocenters. The van der Waals surface area contributed by atoms with Crippen LogP contribution >= 0.6 is 0 Å². The molecule has 7 heteroatoms. The Hall–Kier alpha value is -2.31. The summed E-state index contributed by atoms with van der Waals surface area (Å²) in [6.07, 6.45) is 1.62. The zero-order valence-electron chi connectivity index (χ0n) is 14.7. The van der Waals surface area contributed by atoms with E-state index in [9.17, 15) is 18.0 Å². The predicted molar refractivity (Wildman–Crippen MR) is 91.6 cm³/mol. The van der Waals surface area contributed by atoms with Crippen LogP contribution in [0.3, 0.4) is 0 Å². The van der Waals surface area contributed by atoms with Gasteiger partial charge in [-0.15, -0.1) is 0 Å². The molecule has 0 saturated carbocycles. The summed E-state index contributed by atoms with van der Waals surface area (Å²) in [5, 5.41) is 0. The molecule has 2 heterocycles. The van der Waals surface area contributed by atoms with Crippen molar-refractivity contribution in [3.05, 3.63) is 53.6 Å². The summed E-state index contributed by atoms with van der Waals surface area (Å²) in [6.45, 7) is 1.26. The van der Waals surface area contributed by atoms with E-state index in [0.717, 1.165) is 18.9 Å². The molecular formula is C19H22F3N3O. The fraction of sp³-hybridized carbons (Fsp3) is 0.474. The molecule has 2 aromatic rings. The molecule has 1 unspecified atom stereocenters. The number of nitrogens with zero attached hydrogens (tertiary/aromatic N) is 3. The van der Waals surface area contributed by atoms with Crippen LogP contribution in [-0.4, -0.2) is 33.4 Å². The third kappa shape index (κ3) is 4.08. The van der Waals surface area contributed by atoms with Crippen molar-refractivity contribution in [2.45, 2.75) is 31.9 Å². The highest BCUT2D eigenvalue weighted by atomic mass is 19.4. The molecule has 0 N–H and O–H groups in total. The second-order valence-electron chi connectivity index (χ2n) is 6.84. The molecule has 1 aliphatic rings. The highest BCUT2D eigenvalue weighted by molar-refractivity contribution is 5.92. The first-order valence-corrected chi connectivity index (χ1v) is 8.77. The van der Waals surface area contributed by atoms with E-state index in [-0.39, 0.29) is 11.8 Å². The number of amides is 1. The first-order valence-electron chi connectivity index (χ1n) is 8.77. The number of imidazole rings is 1. The molecule has 1 aliphatic heterocycles. The molecular weight excluding hydrogens is 343 g/mol. The van der Waals surface area contributed by atoms with Gasteiger partial charge in [0, 0.05) is 20.1 Å². The van der Waals surface area contributed by atoms with E-state index in [1.54, 1.807) is 41.2 Å². The molecule has 1 saturated heterocycles. The quantitative estimate of drug-likeness (QED) is 0.824. The summed E-state index contributed by atoms with van der Waals surface area (Å²) in [7, 11) is 1.77. The van der Waals surface area contributed by atoms with E-state index in [2.05, 4.69) is 4.98 Å². The van der Waals surface area contributed by atoms with E-state index in [0.29, 0.717) is 37.2 Å². The van der Waals surface area contributed by atoms with E-state index in [1.165, 1.54) is 6.07 Å². The Kier molecular flexibility index (Phi) is 5.34. The number of aryl methyl sites for hydroxylation is 2. The van der Waals surface area contributed by atoms with Crippen LogP contribution in [0.25, 0.3) is 0 Å². The molecule has 26 heavy (non-hydrogen) atoms. The van der Waals surface area contributed by atoms with Crippen LogP contribution in [-0.2, 0) is 19.6 Å². The third-order valence-electron chi connectivity index (χ3n) is 4.99. The number of hydrogen-bond acceptors (Lipinski definition) is 2. The fourth-order valence-corrected chi connectivity index (χ4v) is 3.58. The number of likely N-dealkylation sites (tertiary alicyclic amines) is 1. The van der Waals surface area contributed by atoms with Gasteiger partial charge in [0.15, 0.2) is 0 Å². The van der Waals surface area contributed by atoms with Crippen LogP contribution in [0.1, 0.15) is 40.9 Å². The molecule has 3 rings (SSSR count). The number of piperidine rings is 1. The van der Waals surface area contributed by atoms with Crippen molar-refractivity contribution in [2.24, 2.45) is 13.0 Å². The van der Waals surface area contributed by atoms with E-state index in [4.69, 9.17) is 0 Å². The Morgan fingerprint density at radius 2 is 2.08 bits per heavy atom. The van der Waals surface area contributed by atoms with Crippen molar-refractivity contribution in [3.8, 4) is 0 Å². The van der Waals surface area contributed by atoms with Crippen molar-refractivity contribution in [2.75, 3.05) is 13.1 Å². The third-order valence-corrected chi connectivity index (χ3v) is 4.99. The average Bonchev–Trinajstić information content (AvgIpc) is 3.05. The monoisotopic (exact) mass is 365 g/mol. The maximum absolute atomic E-state index is 13.1. The number of rotatable bonds is 4. The van der Waals surface area contributed by atoms with Crippen molar-refractivity contribution < 1.29 is 18.0 Å². The van der Waals surface area contributed by atoms with Crippen molar-refractivity contribution in [3.63, 3.8) is 0 Å². The van der Waals surface area contributed by atoms with Gasteiger partial charge < -0.3 is 9.47 Å². The highest BCUT2D eigenvalue weighted by Crippen LogP contribution is 2.33. The smallest absolute Gasteiger partial charge is 0.337 e. The molecule has 1 aromatic carbocycles. The molecule has 1 aromatic heterocycles. The lowest BCUT2D eigenvalue weighted by Gasteiger charge is -2.33. The van der Waals surface area contributed by atoms with Crippen LogP contribution < -0.4 is 0 Å². The largest absolute Gasteiger partial charge is 0.416 e. The average molecular weight is 365 g/mol. The number of carbonyl (C=O) groups is 1. The molecule has 1 amide bonds. The Labute approximate surface area is 150 Å². The number of halogens is 3. The zero-order valence-corrected chi connectivity index (χ0v) is 14.7. The van der Waals surface area contributed by atoms with Crippen molar-refractivity contribution in [1.82, 2.24) is 14.5 Å². The summed E-state index contributed by atoms with van der Waals surface area (Å²) in [6, 6.07) is 5.74. The van der Waals surface area contributed by atoms with Crippen LogP contribution in [0.4, 0.5) is 13.2 Å². The van der Waals surface area contributed by atoms with Crippen LogP contribution in [0.15, 0.2) is 36.8 Å². The van der Waals surface area contributed by atoms with Gasteiger partial charge in [-0.25, -0.2) is 4.98 Å². The predicted octanol–water partition coefficient (Wildman–Crippen LogP) is 3.92. The minimum atomic E-state index is -4.33. The Bertz CT molecular complexity index is 769. The summed E-state index contributed by atoms with van der Waals surface area (Å²) >= 11 is 0. The molecule has 4 nitrogen and oxygen atoms in total. The summed E-state index contributed by atoms with van der Waals surface area (Å²) < 4.78 is 41.0. The molecule has 0 bridgehead atoms. The standard InChI is InChI=1S/C19H22F3N3O/c1-24-13-23-11-17(24)18(26)25-10-4-5-14(12-25)8-9-15-6-2-3-7-16(15)19(20,21)22/h2-3,6-7,11,13-14H,4-5,8-10,12H2,1H3. The maximum atomic E-state index is 13.1. The van der Waals surface area contributed by atoms with Crippen LogP contribution in [0.2, 0.25) is 0 Å². The van der Waals surface area contributed by atoms with Gasteiger partial charge in [-0.3, -0.25) is 4.79 Å². The molecule has 0 radical (unpaired) electrons. The highest BCUT2D eigenvalue weighted by Gasteiger charge is 2.33. The molecule has 0 spiro atoms. The minimum absolute atomic E-state index is 0.0645. The SMILES string of the molecule is Cn1cncc1C(=O)N1CCCC(CCc2ccccc2C(F)(F)F)C1. The minimum Gasteiger partial charge on any atom is -0.337 e. The van der Waals surface area contributed by atoms with Gasteiger partial charge in [-0.1, -0.05) is 18.2 Å². The second kappa shape index (κ2) is 7.51. The number of hydrogen-bond donors (Lipinski definition) is 0. The van der Waals surface area contributed by atoms with Gasteiger partial charge in [-0.2, -0.15) is 13.2 Å². The molecule has 140 valence electrons. The number of alkyl halides is 3. The van der Waals surface area contributed by atoms with E-state index in [1.807, 2.05) is 0 Å². The first-order chi connectivity index (χ1) is 12.4. The van der Waals surface area contributed by atoms with E-state index >= 15 is 0 Å². The summed E-state index contributed by atoms with van der Waals surface area (Å²) in [4.78, 5) is 18.4. The summed E-state index contributed by atoms with van der Waals surface area (Å²) in [5.74, 6) is 0.146.